The molecule has 1 unspecified atom stereocenters. The molecule has 4 aromatic rings. The summed E-state index contributed by atoms with van der Waals surface area (Å²) in [7, 11) is -0.442. The molecule has 2 aromatic heterocycles. The average Bonchev–Trinajstić information content (AvgIpc) is 3.50. The Labute approximate surface area is 291 Å². The molecule has 16 nitrogen and oxygen atoms in total. The Morgan fingerprint density at radius 3 is 2.61 bits per heavy atom. The fourth-order valence-electron chi connectivity index (χ4n) is 6.15. The van der Waals surface area contributed by atoms with Gasteiger partial charge in [-0.15, -0.1) is 0 Å². The van der Waals surface area contributed by atoms with E-state index in [-0.39, 0.29) is 31.5 Å². The molecule has 0 saturated heterocycles. The van der Waals surface area contributed by atoms with Crippen LogP contribution < -0.4 is 10.9 Å². The Bertz CT molecular complexity index is 2090. The Kier molecular flexibility index (Phi) is 11.8. The maximum atomic E-state index is 15.1. The summed E-state index contributed by atoms with van der Waals surface area (Å²) in [4.78, 5) is 36.0. The maximum absolute atomic E-state index is 15.1. The van der Waals surface area contributed by atoms with Crippen LogP contribution in [0, 0.1) is 11.6 Å². The van der Waals surface area contributed by atoms with Gasteiger partial charge in [0, 0.05) is 49.5 Å². The van der Waals surface area contributed by atoms with Gasteiger partial charge in [-0.1, -0.05) is 23.7 Å². The Morgan fingerprint density at radius 1 is 1.18 bits per heavy atom. The monoisotopic (exact) mass is 728 g/mol. The minimum Gasteiger partial charge on any atom is -0.445 e. The number of azide groups is 1. The quantitative estimate of drug-likeness (QED) is 0.0745. The second-order valence-electron chi connectivity index (χ2n) is 12.3. The number of hydrogen-bond acceptors (Lipinski definition) is 11. The molecule has 0 bridgehead atoms. The third kappa shape index (κ3) is 8.97. The van der Waals surface area contributed by atoms with E-state index in [2.05, 4.69) is 25.4 Å². The van der Waals surface area contributed by atoms with Crippen LogP contribution in [0.5, 0.6) is 0 Å². The summed E-state index contributed by atoms with van der Waals surface area (Å²) in [5.41, 5.74) is 9.04. The molecule has 0 aliphatic carbocycles. The molecule has 1 amide bonds. The van der Waals surface area contributed by atoms with E-state index in [4.69, 9.17) is 20.1 Å². The summed E-state index contributed by atoms with van der Waals surface area (Å²) < 4.78 is 67.0. The van der Waals surface area contributed by atoms with Crippen molar-refractivity contribution in [3.63, 3.8) is 0 Å². The number of nitrogens with zero attached hydrogens (tertiary/aromatic N) is 9. The van der Waals surface area contributed by atoms with Crippen molar-refractivity contribution < 1.29 is 31.5 Å². The van der Waals surface area contributed by atoms with Gasteiger partial charge in [0.25, 0.3) is 5.56 Å². The number of nitrogens with one attached hydrogen (secondary N) is 1. The van der Waals surface area contributed by atoms with Crippen LogP contribution in [0.1, 0.15) is 54.7 Å². The molecule has 0 radical (unpaired) electrons. The van der Waals surface area contributed by atoms with Crippen molar-refractivity contribution in [2.24, 2.45) is 12.2 Å². The first kappa shape index (κ1) is 37.1. The SMILES string of the molecule is COCCN(Cn1nc2c3c(cc(F)cc3c1=O)N[C@@H](c1ccc(F)cc1)[C@@H]2c1ncnn1C)C(=O)OC(CCCCCN=[N+]=[N-])CS(C)(=O)=O. The van der Waals surface area contributed by atoms with Gasteiger partial charge in [0.05, 0.1) is 35.4 Å². The highest BCUT2D eigenvalue weighted by Crippen LogP contribution is 2.46. The summed E-state index contributed by atoms with van der Waals surface area (Å²) in [6, 6.07) is 7.47. The van der Waals surface area contributed by atoms with Crippen molar-refractivity contribution in [2.45, 2.75) is 50.4 Å². The first-order valence-corrected chi connectivity index (χ1v) is 18.2. The molecule has 0 fully saturated rings. The largest absolute Gasteiger partial charge is 0.445 e. The number of halogens is 2. The van der Waals surface area contributed by atoms with E-state index >= 15 is 4.39 Å². The van der Waals surface area contributed by atoms with Crippen molar-refractivity contribution >= 4 is 32.4 Å². The molecule has 2 aromatic carbocycles. The van der Waals surface area contributed by atoms with Crippen LogP contribution in [0.15, 0.2) is 52.6 Å². The van der Waals surface area contributed by atoms with Crippen LogP contribution in [0.3, 0.4) is 0 Å². The predicted octanol–water partition coefficient (Wildman–Crippen LogP) is 4.43. The third-order valence-electron chi connectivity index (χ3n) is 8.48. The highest BCUT2D eigenvalue weighted by Gasteiger charge is 2.38. The number of aryl methyl sites for hydroxylation is 1. The number of amides is 1. The normalized spacial score (nSPS) is 15.9. The number of benzene rings is 2. The van der Waals surface area contributed by atoms with Gasteiger partial charge in [-0.3, -0.25) is 14.4 Å². The van der Waals surface area contributed by atoms with E-state index < -0.39 is 63.6 Å². The lowest BCUT2D eigenvalue weighted by atomic mass is 9.83. The summed E-state index contributed by atoms with van der Waals surface area (Å²) >= 11 is 0. The number of rotatable bonds is 16. The van der Waals surface area contributed by atoms with Crippen molar-refractivity contribution in [1.29, 1.82) is 0 Å². The molecule has 1 aliphatic heterocycles. The van der Waals surface area contributed by atoms with Crippen molar-refractivity contribution in [3.05, 3.63) is 92.2 Å². The zero-order valence-corrected chi connectivity index (χ0v) is 29.1. The number of anilines is 1. The molecule has 1 aliphatic rings. The fraction of sp³-hybridized carbons (Fsp3) is 0.469. The Morgan fingerprint density at radius 2 is 1.94 bits per heavy atom. The van der Waals surface area contributed by atoms with Gasteiger partial charge in [0.1, 0.15) is 36.6 Å². The van der Waals surface area contributed by atoms with Crippen LogP contribution in [0.4, 0.5) is 19.3 Å². The van der Waals surface area contributed by atoms with Gasteiger partial charge in [-0.05, 0) is 54.6 Å². The Hall–Kier alpha value is -5.13. The topological polar surface area (TPSA) is 199 Å². The second kappa shape index (κ2) is 16.3. The number of sulfone groups is 1. The van der Waals surface area contributed by atoms with Crippen LogP contribution >= 0.6 is 0 Å². The zero-order chi connectivity index (χ0) is 36.7. The highest BCUT2D eigenvalue weighted by molar-refractivity contribution is 7.90. The van der Waals surface area contributed by atoms with Crippen LogP contribution in [0.2, 0.25) is 0 Å². The van der Waals surface area contributed by atoms with Gasteiger partial charge in [0.15, 0.2) is 9.84 Å². The number of unbranched alkanes of at least 4 members (excludes halogenated alkanes) is 2. The lowest BCUT2D eigenvalue weighted by Gasteiger charge is -2.34. The molecule has 1 N–H and O–H groups in total. The summed E-state index contributed by atoms with van der Waals surface area (Å²) in [6.45, 7) is -0.183. The highest BCUT2D eigenvalue weighted by atomic mass is 32.2. The maximum Gasteiger partial charge on any atom is 0.411 e. The van der Waals surface area contributed by atoms with E-state index in [1.807, 2.05) is 0 Å². The van der Waals surface area contributed by atoms with E-state index in [0.717, 1.165) is 21.9 Å². The van der Waals surface area contributed by atoms with Crippen molar-refractivity contribution in [3.8, 4) is 0 Å². The van der Waals surface area contributed by atoms with Crippen LogP contribution in [-0.4, -0.2) is 88.9 Å². The van der Waals surface area contributed by atoms with Gasteiger partial charge in [-0.25, -0.2) is 31.7 Å². The van der Waals surface area contributed by atoms with Crippen LogP contribution in [0.25, 0.3) is 21.2 Å². The first-order chi connectivity index (χ1) is 24.4. The zero-order valence-electron chi connectivity index (χ0n) is 28.3. The van der Waals surface area contributed by atoms with E-state index in [0.29, 0.717) is 47.4 Å². The van der Waals surface area contributed by atoms with E-state index in [1.54, 1.807) is 23.9 Å². The minimum atomic E-state index is -3.56. The first-order valence-electron chi connectivity index (χ1n) is 16.1. The predicted molar refractivity (Wildman–Crippen MR) is 183 cm³/mol. The molecule has 0 spiro atoms. The number of hydrogen-bond donors (Lipinski definition) is 1. The van der Waals surface area contributed by atoms with Crippen molar-refractivity contribution in [1.82, 2.24) is 29.4 Å². The standard InChI is InChI=1S/C32H38F2N10O6S/c1-42-30(36-18-38-42)27-28(20-8-10-21(33)11-9-20)39-25-16-22(34)15-24-26(25)29(27)40-44(31(24)45)19-43(13-14-49-2)32(46)50-23(17-51(3,47)48)7-5-4-6-12-37-41-35/h8-11,15-16,18,23,27-28,39H,4-7,12-14,17,19H2,1-3H3/t23?,27-,28-/m0/s1. The lowest BCUT2D eigenvalue weighted by Crippen LogP contribution is -2.43. The molecule has 3 atom stereocenters. The number of carbonyl (C=O) groups is 1. The molecule has 19 heteroatoms. The molecule has 5 rings (SSSR count). The lowest BCUT2D eigenvalue weighted by molar-refractivity contribution is 0.0464. The fourth-order valence-corrected chi connectivity index (χ4v) is 7.06. The summed E-state index contributed by atoms with van der Waals surface area (Å²) in [5, 5.41) is 16.1. The minimum absolute atomic E-state index is 0.0111. The average molecular weight is 729 g/mol. The molecule has 0 saturated carbocycles. The smallest absolute Gasteiger partial charge is 0.411 e. The number of methoxy groups -OCH3 is 1. The molecule has 3 heterocycles. The molecular weight excluding hydrogens is 690 g/mol. The number of ether oxygens (including phenoxy) is 2. The van der Waals surface area contributed by atoms with Gasteiger partial charge < -0.3 is 14.8 Å². The van der Waals surface area contributed by atoms with E-state index in [1.165, 1.54) is 31.6 Å². The second-order valence-corrected chi connectivity index (χ2v) is 14.4. The van der Waals surface area contributed by atoms with Crippen molar-refractivity contribution in [2.75, 3.05) is 44.1 Å². The summed E-state index contributed by atoms with van der Waals surface area (Å²) in [5.74, 6) is -1.83. The molecular formula is C32H38F2N10O6S. The summed E-state index contributed by atoms with van der Waals surface area (Å²) in [6.07, 6.45) is 2.41. The van der Waals surface area contributed by atoms with Crippen LogP contribution in [-0.2, 0) is 33.0 Å². The Balaban J connectivity index is 1.54. The number of carbonyl (C=O) groups excluding carboxylic acids is 1. The van der Waals surface area contributed by atoms with Gasteiger partial charge in [0.2, 0.25) is 0 Å². The van der Waals surface area contributed by atoms with Gasteiger partial charge >= 0.3 is 6.09 Å². The van der Waals surface area contributed by atoms with Gasteiger partial charge in [-0.2, -0.15) is 10.2 Å². The molecule has 51 heavy (non-hydrogen) atoms. The third-order valence-corrected chi connectivity index (χ3v) is 9.45. The molecule has 272 valence electrons. The number of aromatic nitrogens is 5. The van der Waals surface area contributed by atoms with E-state index in [9.17, 15) is 22.4 Å².